The molecule has 0 bridgehead atoms. The van der Waals surface area contributed by atoms with E-state index in [9.17, 15) is 4.79 Å². The highest BCUT2D eigenvalue weighted by Crippen LogP contribution is 2.27. The number of nitrogens with zero attached hydrogens (tertiary/aromatic N) is 1. The fourth-order valence-electron chi connectivity index (χ4n) is 3.24. The van der Waals surface area contributed by atoms with E-state index < -0.39 is 0 Å². The zero-order valence-corrected chi connectivity index (χ0v) is 17.1. The molecule has 1 heterocycles. The van der Waals surface area contributed by atoms with Crippen molar-refractivity contribution in [1.82, 2.24) is 4.90 Å². The van der Waals surface area contributed by atoms with Crippen LogP contribution in [0.3, 0.4) is 0 Å². The molecule has 2 N–H and O–H groups in total. The molecule has 0 saturated carbocycles. The van der Waals surface area contributed by atoms with Crippen LogP contribution in [-0.2, 0) is 16.0 Å². The van der Waals surface area contributed by atoms with Crippen molar-refractivity contribution in [1.29, 1.82) is 0 Å². The monoisotopic (exact) mass is 399 g/mol. The molecule has 0 unspecified atom stereocenters. The molecule has 1 fully saturated rings. The molecular weight excluding hydrogens is 370 g/mol. The number of ether oxygens (including phenoxy) is 3. The van der Waals surface area contributed by atoms with Gasteiger partial charge in [0.1, 0.15) is 0 Å². The van der Waals surface area contributed by atoms with Gasteiger partial charge in [0.25, 0.3) is 0 Å². The van der Waals surface area contributed by atoms with Crippen molar-refractivity contribution < 1.29 is 19.0 Å². The Kier molecular flexibility index (Phi) is 7.72. The van der Waals surface area contributed by atoms with E-state index in [2.05, 4.69) is 15.5 Å². The Morgan fingerprint density at radius 2 is 1.69 bits per heavy atom. The Labute approximate surface area is 171 Å². The van der Waals surface area contributed by atoms with Gasteiger partial charge in [-0.05, 0) is 42.0 Å². The minimum Gasteiger partial charge on any atom is -0.493 e. The summed E-state index contributed by atoms with van der Waals surface area (Å²) >= 11 is 0. The average molecular weight is 399 g/mol. The molecule has 0 aliphatic carbocycles. The van der Waals surface area contributed by atoms with Gasteiger partial charge in [-0.1, -0.05) is 6.07 Å². The number of rotatable bonds is 9. The summed E-state index contributed by atoms with van der Waals surface area (Å²) in [5.41, 5.74) is 2.67. The minimum atomic E-state index is -0.0785. The van der Waals surface area contributed by atoms with Gasteiger partial charge in [-0.3, -0.25) is 9.69 Å². The van der Waals surface area contributed by atoms with Crippen molar-refractivity contribution >= 4 is 17.3 Å². The van der Waals surface area contributed by atoms with Crippen LogP contribution < -0.4 is 20.1 Å². The second-order valence-corrected chi connectivity index (χ2v) is 6.87. The van der Waals surface area contributed by atoms with Gasteiger partial charge >= 0.3 is 0 Å². The quantitative estimate of drug-likeness (QED) is 0.675. The first-order valence-electron chi connectivity index (χ1n) is 9.82. The molecule has 3 rings (SSSR count). The summed E-state index contributed by atoms with van der Waals surface area (Å²) in [5.74, 6) is 1.18. The van der Waals surface area contributed by atoms with E-state index in [1.54, 1.807) is 20.3 Å². The topological polar surface area (TPSA) is 72.1 Å². The third kappa shape index (κ3) is 6.37. The molecule has 2 aromatic carbocycles. The predicted octanol–water partition coefficient (Wildman–Crippen LogP) is 2.63. The van der Waals surface area contributed by atoms with Crippen LogP contribution in [0.25, 0.3) is 0 Å². The lowest BCUT2D eigenvalue weighted by Crippen LogP contribution is -2.38. The SMILES string of the molecule is COc1ccc(CC(=O)Nc2ccc(NCCN3CCOCC3)cc2)cc1OC. The molecule has 7 nitrogen and oxygen atoms in total. The van der Waals surface area contributed by atoms with Gasteiger partial charge in [-0.15, -0.1) is 0 Å². The van der Waals surface area contributed by atoms with E-state index in [-0.39, 0.29) is 12.3 Å². The Hall–Kier alpha value is -2.77. The van der Waals surface area contributed by atoms with E-state index in [0.717, 1.165) is 56.3 Å². The summed E-state index contributed by atoms with van der Waals surface area (Å²) in [6.07, 6.45) is 0.264. The van der Waals surface area contributed by atoms with Gasteiger partial charge in [0.2, 0.25) is 5.91 Å². The normalized spacial score (nSPS) is 14.3. The van der Waals surface area contributed by atoms with E-state index in [1.165, 1.54) is 0 Å². The van der Waals surface area contributed by atoms with E-state index in [0.29, 0.717) is 11.5 Å². The number of amides is 1. The summed E-state index contributed by atoms with van der Waals surface area (Å²) in [6.45, 7) is 5.49. The molecule has 1 aliphatic heterocycles. The van der Waals surface area contributed by atoms with Crippen molar-refractivity contribution in [2.24, 2.45) is 0 Å². The first-order valence-corrected chi connectivity index (χ1v) is 9.82. The second-order valence-electron chi connectivity index (χ2n) is 6.87. The first-order chi connectivity index (χ1) is 14.2. The van der Waals surface area contributed by atoms with Crippen LogP contribution in [-0.4, -0.2) is 64.4 Å². The number of carbonyl (C=O) groups excluding carboxylic acids is 1. The third-order valence-corrected chi connectivity index (χ3v) is 4.84. The number of nitrogens with one attached hydrogen (secondary N) is 2. The number of anilines is 2. The zero-order valence-electron chi connectivity index (χ0n) is 17.1. The van der Waals surface area contributed by atoms with Gasteiger partial charge < -0.3 is 24.8 Å². The Morgan fingerprint density at radius 1 is 1.00 bits per heavy atom. The summed E-state index contributed by atoms with van der Waals surface area (Å²) in [4.78, 5) is 14.7. The molecule has 1 amide bonds. The van der Waals surface area contributed by atoms with Crippen LogP contribution in [0.2, 0.25) is 0 Å². The minimum absolute atomic E-state index is 0.0785. The Bertz CT molecular complexity index is 789. The van der Waals surface area contributed by atoms with E-state index in [1.807, 2.05) is 36.4 Å². The lowest BCUT2D eigenvalue weighted by atomic mass is 10.1. The highest BCUT2D eigenvalue weighted by Gasteiger charge is 2.10. The molecule has 156 valence electrons. The maximum absolute atomic E-state index is 12.4. The summed E-state index contributed by atoms with van der Waals surface area (Å²) < 4.78 is 15.9. The van der Waals surface area contributed by atoms with Crippen molar-refractivity contribution in [2.75, 3.05) is 64.2 Å². The van der Waals surface area contributed by atoms with Gasteiger partial charge in [-0.2, -0.15) is 0 Å². The molecule has 29 heavy (non-hydrogen) atoms. The van der Waals surface area contributed by atoms with Crippen LogP contribution >= 0.6 is 0 Å². The van der Waals surface area contributed by atoms with Crippen molar-refractivity contribution in [3.63, 3.8) is 0 Å². The smallest absolute Gasteiger partial charge is 0.228 e. The lowest BCUT2D eigenvalue weighted by Gasteiger charge is -2.26. The number of methoxy groups -OCH3 is 2. The largest absolute Gasteiger partial charge is 0.493 e. The lowest BCUT2D eigenvalue weighted by molar-refractivity contribution is -0.115. The van der Waals surface area contributed by atoms with Crippen LogP contribution in [0, 0.1) is 0 Å². The predicted molar refractivity (Wildman–Crippen MR) is 114 cm³/mol. The third-order valence-electron chi connectivity index (χ3n) is 4.84. The van der Waals surface area contributed by atoms with Gasteiger partial charge in [0, 0.05) is 37.6 Å². The highest BCUT2D eigenvalue weighted by atomic mass is 16.5. The number of morpholine rings is 1. The fraction of sp³-hybridized carbons (Fsp3) is 0.409. The molecule has 1 aliphatic rings. The molecular formula is C22H29N3O4. The van der Waals surface area contributed by atoms with E-state index in [4.69, 9.17) is 14.2 Å². The van der Waals surface area contributed by atoms with Crippen molar-refractivity contribution in [2.45, 2.75) is 6.42 Å². The molecule has 2 aromatic rings. The molecule has 7 heteroatoms. The maximum atomic E-state index is 12.4. The van der Waals surface area contributed by atoms with Gasteiger partial charge in [0.15, 0.2) is 11.5 Å². The number of hydrogen-bond acceptors (Lipinski definition) is 6. The summed E-state index contributed by atoms with van der Waals surface area (Å²) in [5, 5.41) is 6.35. The number of hydrogen-bond donors (Lipinski definition) is 2. The molecule has 0 atom stereocenters. The van der Waals surface area contributed by atoms with Crippen LogP contribution in [0.15, 0.2) is 42.5 Å². The zero-order chi connectivity index (χ0) is 20.5. The second kappa shape index (κ2) is 10.7. The Balaban J connectivity index is 1.45. The van der Waals surface area contributed by atoms with E-state index >= 15 is 0 Å². The van der Waals surface area contributed by atoms with Crippen LogP contribution in [0.1, 0.15) is 5.56 Å². The highest BCUT2D eigenvalue weighted by molar-refractivity contribution is 5.92. The van der Waals surface area contributed by atoms with Crippen molar-refractivity contribution in [3.8, 4) is 11.5 Å². The molecule has 0 radical (unpaired) electrons. The summed E-state index contributed by atoms with van der Waals surface area (Å²) in [7, 11) is 3.17. The van der Waals surface area contributed by atoms with Crippen LogP contribution in [0.4, 0.5) is 11.4 Å². The molecule has 0 aromatic heterocycles. The van der Waals surface area contributed by atoms with Crippen LogP contribution in [0.5, 0.6) is 11.5 Å². The number of benzene rings is 2. The standard InChI is InChI=1S/C22H29N3O4/c1-27-20-8-3-17(15-21(20)28-2)16-22(26)24-19-6-4-18(5-7-19)23-9-10-25-11-13-29-14-12-25/h3-8,15,23H,9-14,16H2,1-2H3,(H,24,26). The first kappa shape index (κ1) is 21.0. The maximum Gasteiger partial charge on any atom is 0.228 e. The molecule has 0 spiro atoms. The summed E-state index contributed by atoms with van der Waals surface area (Å²) in [6, 6.07) is 13.3. The van der Waals surface area contributed by atoms with Crippen molar-refractivity contribution in [3.05, 3.63) is 48.0 Å². The fourth-order valence-corrected chi connectivity index (χ4v) is 3.24. The Morgan fingerprint density at radius 3 is 2.38 bits per heavy atom. The number of carbonyl (C=O) groups is 1. The molecule has 1 saturated heterocycles. The van der Waals surface area contributed by atoms with Gasteiger partial charge in [0.05, 0.1) is 33.9 Å². The average Bonchev–Trinajstić information content (AvgIpc) is 2.75. The van der Waals surface area contributed by atoms with Gasteiger partial charge in [-0.25, -0.2) is 0 Å².